The molecule has 3 N–H and O–H groups in total. The highest BCUT2D eigenvalue weighted by Crippen LogP contribution is 2.27. The number of nitrogen functional groups attached to an aromatic ring is 1. The maximum absolute atomic E-state index is 5.80. The Kier molecular flexibility index (Phi) is 2.61. The molecule has 0 heterocycles. The van der Waals surface area contributed by atoms with Gasteiger partial charge in [-0.1, -0.05) is 24.3 Å². The van der Waals surface area contributed by atoms with Crippen molar-refractivity contribution >= 4 is 29.1 Å². The van der Waals surface area contributed by atoms with E-state index in [0.717, 1.165) is 11.3 Å². The molecule has 0 aromatic heterocycles. The van der Waals surface area contributed by atoms with Crippen molar-refractivity contribution in [2.24, 2.45) is 0 Å². The number of hydrogen-bond donors (Lipinski definition) is 2. The van der Waals surface area contributed by atoms with Crippen molar-refractivity contribution in [3.8, 4) is 0 Å². The molecule has 1 rings (SSSR count). The van der Waals surface area contributed by atoms with E-state index in [-0.39, 0.29) is 0 Å². The Morgan fingerprint density at radius 1 is 1.58 bits per heavy atom. The topological polar surface area (TPSA) is 38.0 Å². The number of benzene rings is 1. The number of rotatable bonds is 2. The fourth-order valence-corrected chi connectivity index (χ4v) is 1.30. The van der Waals surface area contributed by atoms with Crippen LogP contribution in [0.4, 0.5) is 11.4 Å². The van der Waals surface area contributed by atoms with Gasteiger partial charge >= 0.3 is 0 Å². The molecule has 0 fully saturated rings. The van der Waals surface area contributed by atoms with E-state index in [1.54, 1.807) is 12.1 Å². The minimum Gasteiger partial charge on any atom is -0.398 e. The number of hydrogen-bond acceptors (Lipinski definition) is 2. The lowest BCUT2D eigenvalue weighted by molar-refractivity contribution is 1.49. The van der Waals surface area contributed by atoms with Crippen LogP contribution in [0.25, 0.3) is 6.08 Å². The van der Waals surface area contributed by atoms with Gasteiger partial charge in [-0.25, -0.2) is 0 Å². The Bertz CT molecular complexity index is 308. The highest BCUT2D eigenvalue weighted by molar-refractivity contribution is 6.31. The lowest BCUT2D eigenvalue weighted by atomic mass is 10.1. The largest absolute Gasteiger partial charge is 0.398 e. The molecule has 0 radical (unpaired) electrons. The summed E-state index contributed by atoms with van der Waals surface area (Å²) in [6, 6.07) is 3.52. The van der Waals surface area contributed by atoms with Gasteiger partial charge in [0.1, 0.15) is 0 Å². The van der Waals surface area contributed by atoms with E-state index in [4.69, 9.17) is 17.3 Å². The van der Waals surface area contributed by atoms with Crippen LogP contribution in [-0.4, -0.2) is 7.05 Å². The molecule has 0 aliphatic carbocycles. The van der Waals surface area contributed by atoms with Gasteiger partial charge in [0, 0.05) is 29.0 Å². The van der Waals surface area contributed by atoms with Gasteiger partial charge in [0.05, 0.1) is 0 Å². The zero-order chi connectivity index (χ0) is 9.14. The molecule has 0 atom stereocenters. The van der Waals surface area contributed by atoms with E-state index in [9.17, 15) is 0 Å². The van der Waals surface area contributed by atoms with Crippen LogP contribution in [0.1, 0.15) is 5.56 Å². The summed E-state index contributed by atoms with van der Waals surface area (Å²) in [7, 11) is 1.82. The van der Waals surface area contributed by atoms with Gasteiger partial charge < -0.3 is 11.1 Å². The third-order valence-electron chi connectivity index (χ3n) is 1.65. The van der Waals surface area contributed by atoms with Gasteiger partial charge in [-0.2, -0.15) is 0 Å². The van der Waals surface area contributed by atoms with E-state index in [1.807, 2.05) is 13.1 Å². The monoisotopic (exact) mass is 182 g/mol. The van der Waals surface area contributed by atoms with Gasteiger partial charge in [-0.3, -0.25) is 0 Å². The second-order valence-corrected chi connectivity index (χ2v) is 2.85. The van der Waals surface area contributed by atoms with Gasteiger partial charge in [-0.05, 0) is 12.1 Å². The number of anilines is 2. The first-order valence-electron chi connectivity index (χ1n) is 3.58. The molecule has 0 aliphatic heterocycles. The van der Waals surface area contributed by atoms with Crippen LogP contribution in [0, 0.1) is 0 Å². The quantitative estimate of drug-likeness (QED) is 0.691. The van der Waals surface area contributed by atoms with Crippen LogP contribution in [0.5, 0.6) is 0 Å². The smallest absolute Gasteiger partial charge is 0.0447 e. The normalized spacial score (nSPS) is 9.50. The molecular formula is C9H11ClN2. The molecule has 0 spiro atoms. The summed E-state index contributed by atoms with van der Waals surface area (Å²) < 4.78 is 0. The molecule has 0 amide bonds. The highest BCUT2D eigenvalue weighted by atomic mass is 35.5. The van der Waals surface area contributed by atoms with Crippen molar-refractivity contribution in [2.45, 2.75) is 0 Å². The Balaban J connectivity index is 3.33. The Morgan fingerprint density at radius 3 is 2.75 bits per heavy atom. The van der Waals surface area contributed by atoms with Gasteiger partial charge in [0.2, 0.25) is 0 Å². The maximum atomic E-state index is 5.80. The van der Waals surface area contributed by atoms with Crippen LogP contribution < -0.4 is 11.1 Å². The van der Waals surface area contributed by atoms with Gasteiger partial charge in [0.25, 0.3) is 0 Å². The summed E-state index contributed by atoms with van der Waals surface area (Å²) in [5.41, 5.74) is 8.14. The molecular weight excluding hydrogens is 172 g/mol. The maximum Gasteiger partial charge on any atom is 0.0447 e. The zero-order valence-corrected chi connectivity index (χ0v) is 7.65. The first-order chi connectivity index (χ1) is 5.69. The minimum atomic E-state index is 0.627. The molecule has 0 bridgehead atoms. The van der Waals surface area contributed by atoms with Crippen molar-refractivity contribution in [2.75, 3.05) is 18.1 Å². The summed E-state index contributed by atoms with van der Waals surface area (Å²) in [5, 5.41) is 3.62. The minimum absolute atomic E-state index is 0.627. The zero-order valence-electron chi connectivity index (χ0n) is 6.89. The highest BCUT2D eigenvalue weighted by Gasteiger charge is 2.02. The lowest BCUT2D eigenvalue weighted by Gasteiger charge is -2.08. The number of nitrogens with one attached hydrogen (secondary N) is 1. The molecule has 0 unspecified atom stereocenters. The Hall–Kier alpha value is -1.15. The van der Waals surface area contributed by atoms with Crippen molar-refractivity contribution in [3.05, 3.63) is 29.3 Å². The van der Waals surface area contributed by atoms with E-state index in [0.29, 0.717) is 10.7 Å². The van der Waals surface area contributed by atoms with Crippen LogP contribution in [-0.2, 0) is 0 Å². The summed E-state index contributed by atoms with van der Waals surface area (Å²) in [6.45, 7) is 3.67. The van der Waals surface area contributed by atoms with Gasteiger partial charge in [-0.15, -0.1) is 0 Å². The summed E-state index contributed by atoms with van der Waals surface area (Å²) >= 11 is 5.80. The van der Waals surface area contributed by atoms with Crippen LogP contribution in [0.15, 0.2) is 18.7 Å². The molecule has 1 aromatic carbocycles. The molecule has 1 aromatic rings. The van der Waals surface area contributed by atoms with Crippen LogP contribution in [0.3, 0.4) is 0 Å². The van der Waals surface area contributed by atoms with E-state index in [2.05, 4.69) is 11.9 Å². The third kappa shape index (κ3) is 1.53. The number of halogens is 1. The lowest BCUT2D eigenvalue weighted by Crippen LogP contribution is -1.96. The molecule has 12 heavy (non-hydrogen) atoms. The molecule has 2 nitrogen and oxygen atoms in total. The first-order valence-corrected chi connectivity index (χ1v) is 3.96. The molecule has 0 saturated heterocycles. The summed E-state index contributed by atoms with van der Waals surface area (Å²) in [6.07, 6.45) is 1.71. The fraction of sp³-hybridized carbons (Fsp3) is 0.111. The second-order valence-electron chi connectivity index (χ2n) is 2.41. The predicted molar refractivity (Wildman–Crippen MR) is 55.5 cm³/mol. The second kappa shape index (κ2) is 3.50. The van der Waals surface area contributed by atoms with Gasteiger partial charge in [0.15, 0.2) is 0 Å². The molecule has 0 saturated carbocycles. The molecule has 64 valence electrons. The summed E-state index contributed by atoms with van der Waals surface area (Å²) in [4.78, 5) is 0. The van der Waals surface area contributed by atoms with Crippen LogP contribution >= 0.6 is 11.6 Å². The van der Waals surface area contributed by atoms with Crippen molar-refractivity contribution in [1.29, 1.82) is 0 Å². The van der Waals surface area contributed by atoms with Crippen LogP contribution in [0.2, 0.25) is 5.02 Å². The molecule has 0 aliphatic rings. The van der Waals surface area contributed by atoms with Crippen molar-refractivity contribution in [3.63, 3.8) is 0 Å². The standard InChI is InChI=1S/C9H11ClN2/c1-3-7-8(11)4-6(10)5-9(7)12-2/h3-5,12H,1,11H2,2H3. The first kappa shape index (κ1) is 8.94. The predicted octanol–water partition coefficient (Wildman–Crippen LogP) is 2.61. The van der Waals surface area contributed by atoms with E-state index < -0.39 is 0 Å². The third-order valence-corrected chi connectivity index (χ3v) is 1.87. The fourth-order valence-electron chi connectivity index (χ4n) is 1.07. The molecule has 3 heteroatoms. The van der Waals surface area contributed by atoms with E-state index in [1.165, 1.54) is 0 Å². The number of nitrogens with two attached hydrogens (primary N) is 1. The summed E-state index contributed by atoms with van der Waals surface area (Å²) in [5.74, 6) is 0. The van der Waals surface area contributed by atoms with E-state index >= 15 is 0 Å². The van der Waals surface area contributed by atoms with Crippen molar-refractivity contribution < 1.29 is 0 Å². The average Bonchev–Trinajstić information content (AvgIpc) is 2.03. The average molecular weight is 183 g/mol. The Morgan fingerprint density at radius 2 is 2.25 bits per heavy atom. The SMILES string of the molecule is C=Cc1c(N)cc(Cl)cc1NC. The Labute approximate surface area is 77.0 Å². The van der Waals surface area contributed by atoms with Crippen molar-refractivity contribution in [1.82, 2.24) is 0 Å².